The van der Waals surface area contributed by atoms with Crippen molar-refractivity contribution in [1.29, 1.82) is 0 Å². The number of aliphatic imine (C=N–C) groups is 1. The summed E-state index contributed by atoms with van der Waals surface area (Å²) < 4.78 is 80.3. The highest BCUT2D eigenvalue weighted by atomic mass is 19.4. The van der Waals surface area contributed by atoms with Crippen LogP contribution in [-0.4, -0.2) is 35.8 Å². The van der Waals surface area contributed by atoms with E-state index in [4.69, 9.17) is 5.73 Å². The van der Waals surface area contributed by atoms with Gasteiger partial charge in [0.15, 0.2) is 0 Å². The lowest BCUT2D eigenvalue weighted by molar-refractivity contribution is -0.144. The number of carbonyl (C=O) groups excluding carboxylic acids is 3. The van der Waals surface area contributed by atoms with Gasteiger partial charge < -0.3 is 16.4 Å². The second kappa shape index (κ2) is 12.3. The molecule has 0 aromatic heterocycles. The van der Waals surface area contributed by atoms with Crippen LogP contribution in [0.3, 0.4) is 0 Å². The van der Waals surface area contributed by atoms with Gasteiger partial charge in [0.05, 0.1) is 28.8 Å². The van der Waals surface area contributed by atoms with Gasteiger partial charge in [-0.25, -0.2) is 4.99 Å². The lowest BCUT2D eigenvalue weighted by Gasteiger charge is -2.26. The Kier molecular flexibility index (Phi) is 8.93. The molecule has 1 aliphatic rings. The molecule has 3 atom stereocenters. The molecule has 3 aromatic rings. The summed E-state index contributed by atoms with van der Waals surface area (Å²) in [7, 11) is 0. The van der Waals surface area contributed by atoms with Crippen molar-refractivity contribution in [3.05, 3.63) is 101 Å². The molecule has 0 saturated heterocycles. The fourth-order valence-electron chi connectivity index (χ4n) is 4.92. The minimum absolute atomic E-state index is 0.0228. The number of aryl methyl sites for hydroxylation is 1. The molecule has 0 aliphatic carbocycles. The standard InChI is InChI=1S/C30H26F6N4O3/c1-16-7-5-12-21-23(16)39-28(43)26(38-24(21)18-10-6-11-19(15-18)30(34,35)36)40-27(42)20(13-14-29(31,32)33)22(25(37)41)17-8-3-2-4-9-17/h2-12,15,20,22,26H,13-14H2,1H3,(H2,37,41)(H,39,43)(H,40,42)/t20-,22+,26?/m1/s1. The van der Waals surface area contributed by atoms with Crippen LogP contribution in [0.4, 0.5) is 32.0 Å². The van der Waals surface area contributed by atoms with E-state index < -0.39 is 66.5 Å². The predicted molar refractivity (Wildman–Crippen MR) is 146 cm³/mol. The van der Waals surface area contributed by atoms with Gasteiger partial charge >= 0.3 is 12.4 Å². The number of primary amides is 1. The molecule has 1 unspecified atom stereocenters. The van der Waals surface area contributed by atoms with Crippen LogP contribution in [-0.2, 0) is 20.6 Å². The van der Waals surface area contributed by atoms with Crippen molar-refractivity contribution in [3.63, 3.8) is 0 Å². The summed E-state index contributed by atoms with van der Waals surface area (Å²) >= 11 is 0. The number of alkyl halides is 6. The van der Waals surface area contributed by atoms with Crippen molar-refractivity contribution in [3.8, 4) is 0 Å². The summed E-state index contributed by atoms with van der Waals surface area (Å²) in [5, 5.41) is 4.92. The van der Waals surface area contributed by atoms with Gasteiger partial charge in [-0.15, -0.1) is 0 Å². The zero-order chi connectivity index (χ0) is 31.5. The van der Waals surface area contributed by atoms with Crippen molar-refractivity contribution in [2.75, 3.05) is 5.32 Å². The predicted octanol–water partition coefficient (Wildman–Crippen LogP) is 5.47. The molecule has 0 spiro atoms. The molecule has 1 aliphatic heterocycles. The Bertz CT molecular complexity index is 1550. The Balaban J connectivity index is 1.78. The Morgan fingerprint density at radius 2 is 1.65 bits per heavy atom. The minimum atomic E-state index is -4.69. The number of benzodiazepines with no additional fused rings is 1. The molecule has 3 amide bonds. The third-order valence-corrected chi connectivity index (χ3v) is 6.97. The van der Waals surface area contributed by atoms with E-state index >= 15 is 0 Å². The molecule has 13 heteroatoms. The van der Waals surface area contributed by atoms with Gasteiger partial charge in [0, 0.05) is 17.5 Å². The molecule has 0 bridgehead atoms. The van der Waals surface area contributed by atoms with Gasteiger partial charge in [0.1, 0.15) is 0 Å². The van der Waals surface area contributed by atoms with Crippen LogP contribution in [0.15, 0.2) is 77.8 Å². The van der Waals surface area contributed by atoms with Crippen LogP contribution in [0.5, 0.6) is 0 Å². The van der Waals surface area contributed by atoms with E-state index in [0.717, 1.165) is 18.2 Å². The largest absolute Gasteiger partial charge is 0.416 e. The number of nitrogens with zero attached hydrogens (tertiary/aromatic N) is 1. The molecule has 0 fully saturated rings. The van der Waals surface area contributed by atoms with E-state index in [2.05, 4.69) is 15.6 Å². The monoisotopic (exact) mass is 604 g/mol. The fourth-order valence-corrected chi connectivity index (χ4v) is 4.92. The minimum Gasteiger partial charge on any atom is -0.369 e. The Morgan fingerprint density at radius 1 is 0.977 bits per heavy atom. The van der Waals surface area contributed by atoms with E-state index in [1.807, 2.05) is 0 Å². The highest BCUT2D eigenvalue weighted by Gasteiger charge is 2.39. The van der Waals surface area contributed by atoms with Crippen LogP contribution >= 0.6 is 0 Å². The van der Waals surface area contributed by atoms with Crippen molar-refractivity contribution < 1.29 is 40.7 Å². The maximum absolute atomic E-state index is 13.6. The lowest BCUT2D eigenvalue weighted by Crippen LogP contribution is -2.47. The van der Waals surface area contributed by atoms with Crippen molar-refractivity contribution >= 4 is 29.1 Å². The topological polar surface area (TPSA) is 114 Å². The third kappa shape index (κ3) is 7.40. The molecular formula is C30H26F6N4O3. The number of anilines is 1. The van der Waals surface area contributed by atoms with Crippen LogP contribution in [0, 0.1) is 12.8 Å². The van der Waals surface area contributed by atoms with Crippen LogP contribution in [0.25, 0.3) is 0 Å². The van der Waals surface area contributed by atoms with Gasteiger partial charge in [-0.3, -0.25) is 14.4 Å². The second-order valence-corrected chi connectivity index (χ2v) is 10.0. The maximum atomic E-state index is 13.6. The normalized spacial score (nSPS) is 16.7. The van der Waals surface area contributed by atoms with Crippen LogP contribution < -0.4 is 16.4 Å². The van der Waals surface area contributed by atoms with Gasteiger partial charge in [-0.05, 0) is 36.6 Å². The number of amides is 3. The number of benzene rings is 3. The number of hydrogen-bond donors (Lipinski definition) is 3. The molecule has 7 nitrogen and oxygen atoms in total. The Labute approximate surface area is 242 Å². The zero-order valence-electron chi connectivity index (χ0n) is 22.6. The Hall–Kier alpha value is -4.68. The molecule has 0 radical (unpaired) electrons. The first kappa shape index (κ1) is 31.3. The zero-order valence-corrected chi connectivity index (χ0v) is 22.6. The molecular weight excluding hydrogens is 578 g/mol. The van der Waals surface area contributed by atoms with Crippen molar-refractivity contribution in [2.45, 2.75) is 44.2 Å². The number of hydrogen-bond acceptors (Lipinski definition) is 4. The molecule has 3 aromatic carbocycles. The fraction of sp³-hybridized carbons (Fsp3) is 0.267. The van der Waals surface area contributed by atoms with E-state index in [1.165, 1.54) is 36.4 Å². The molecule has 4 rings (SSSR count). The number of halogens is 6. The molecule has 226 valence electrons. The number of nitrogens with two attached hydrogens (primary N) is 1. The molecule has 0 saturated carbocycles. The highest BCUT2D eigenvalue weighted by molar-refractivity contribution is 6.20. The highest BCUT2D eigenvalue weighted by Crippen LogP contribution is 2.34. The van der Waals surface area contributed by atoms with E-state index in [0.29, 0.717) is 5.56 Å². The second-order valence-electron chi connectivity index (χ2n) is 10.0. The summed E-state index contributed by atoms with van der Waals surface area (Å²) in [4.78, 5) is 43.7. The van der Waals surface area contributed by atoms with Crippen molar-refractivity contribution in [1.82, 2.24) is 5.32 Å². The summed E-state index contributed by atoms with van der Waals surface area (Å²) in [6.45, 7) is 1.65. The van der Waals surface area contributed by atoms with E-state index in [1.54, 1.807) is 25.1 Å². The quantitative estimate of drug-likeness (QED) is 0.296. The average Bonchev–Trinajstić information content (AvgIpc) is 3.07. The SMILES string of the molecule is Cc1cccc2c1NC(=O)C(NC(=O)[C@H](CCC(F)(F)F)[C@@H](C(N)=O)c1ccccc1)N=C2c1cccc(C(F)(F)F)c1. The van der Waals surface area contributed by atoms with Crippen LogP contribution in [0.1, 0.15) is 46.6 Å². The summed E-state index contributed by atoms with van der Waals surface area (Å²) in [5.74, 6) is -6.21. The van der Waals surface area contributed by atoms with Crippen molar-refractivity contribution in [2.24, 2.45) is 16.6 Å². The summed E-state index contributed by atoms with van der Waals surface area (Å²) in [6, 6.07) is 16.5. The number of carbonyl (C=O) groups is 3. The maximum Gasteiger partial charge on any atom is 0.416 e. The van der Waals surface area contributed by atoms with Gasteiger partial charge in [0.25, 0.3) is 5.91 Å². The van der Waals surface area contributed by atoms with Gasteiger partial charge in [-0.2, -0.15) is 26.3 Å². The number of fused-ring (bicyclic) bond motifs is 1. The summed E-state index contributed by atoms with van der Waals surface area (Å²) in [6.07, 6.45) is -13.4. The third-order valence-electron chi connectivity index (χ3n) is 6.97. The number of rotatable bonds is 8. The first-order valence-electron chi connectivity index (χ1n) is 13.0. The first-order valence-corrected chi connectivity index (χ1v) is 13.0. The summed E-state index contributed by atoms with van der Waals surface area (Å²) in [5.41, 5.74) is 5.70. The van der Waals surface area contributed by atoms with E-state index in [9.17, 15) is 40.7 Å². The first-order chi connectivity index (χ1) is 20.2. The number of para-hydroxylation sites is 1. The van der Waals surface area contributed by atoms with Gasteiger partial charge in [-0.1, -0.05) is 60.7 Å². The van der Waals surface area contributed by atoms with Gasteiger partial charge in [0.2, 0.25) is 18.0 Å². The smallest absolute Gasteiger partial charge is 0.369 e. The van der Waals surface area contributed by atoms with E-state index in [-0.39, 0.29) is 28.1 Å². The average molecular weight is 605 g/mol. The molecule has 43 heavy (non-hydrogen) atoms. The molecule has 4 N–H and O–H groups in total. The molecule has 1 heterocycles. The Morgan fingerprint density at radius 3 is 2.28 bits per heavy atom. The number of nitrogens with one attached hydrogen (secondary N) is 2. The lowest BCUT2D eigenvalue weighted by atomic mass is 9.81. The van der Waals surface area contributed by atoms with Crippen LogP contribution in [0.2, 0.25) is 0 Å².